The Kier molecular flexibility index (Phi) is 8.07. The van der Waals surface area contributed by atoms with Crippen molar-refractivity contribution >= 4 is 21.9 Å². The molecule has 0 unspecified atom stereocenters. The third-order valence-corrected chi connectivity index (χ3v) is 6.53. The van der Waals surface area contributed by atoms with Gasteiger partial charge in [0.15, 0.2) is 5.78 Å². The average molecular weight is 426 g/mol. The quantitative estimate of drug-likeness (QED) is 0.473. The Hall–Kier alpha value is -2.79. The summed E-state index contributed by atoms with van der Waals surface area (Å²) in [5, 5.41) is 8.94. The number of Topliss-reactive ketones (excluding diaryl/α,β-unsaturated/α-hetero) is 1. The van der Waals surface area contributed by atoms with E-state index in [2.05, 4.69) is 13.2 Å². The van der Waals surface area contributed by atoms with Crippen LogP contribution in [0, 0.1) is 11.3 Å². The number of carbonyl (C=O) groups is 1. The van der Waals surface area contributed by atoms with Crippen molar-refractivity contribution in [2.45, 2.75) is 6.42 Å². The summed E-state index contributed by atoms with van der Waals surface area (Å²) in [5.41, 5.74) is 2.53. The minimum absolute atomic E-state index is 0.0131. The number of carbonyl (C=O) groups excluding carboxylic acids is 1. The highest BCUT2D eigenvalue weighted by atomic mass is 32.2. The summed E-state index contributed by atoms with van der Waals surface area (Å²) in [4.78, 5) is 14.9. The number of nitriles is 1. The van der Waals surface area contributed by atoms with Crippen molar-refractivity contribution in [2.24, 2.45) is 0 Å². The van der Waals surface area contributed by atoms with Crippen molar-refractivity contribution in [1.82, 2.24) is 9.21 Å². The van der Waals surface area contributed by atoms with Gasteiger partial charge in [-0.3, -0.25) is 4.79 Å². The first-order valence-electron chi connectivity index (χ1n) is 9.56. The SMILES string of the molecule is C=CC(=C)/C=C1\CN(S(=O)(=O)CCCN(C)C)C/C(=C\c2ccc(C#N)cc2)C1=O. The van der Waals surface area contributed by atoms with E-state index in [1.54, 1.807) is 36.4 Å². The standard InChI is InChI=1S/C23H27N3O3S/c1-5-18(2)13-21-16-26(30(28,29)12-6-11-25(3)4)17-22(23(21)27)14-19-7-9-20(15-24)10-8-19/h5,7-10,13-14H,1-2,6,11-12,16-17H2,3-4H3/b21-13+,22-14+. The van der Waals surface area contributed by atoms with Gasteiger partial charge in [0.05, 0.1) is 17.4 Å². The fraction of sp³-hybridized carbons (Fsp3) is 0.304. The van der Waals surface area contributed by atoms with Gasteiger partial charge in [-0.15, -0.1) is 0 Å². The van der Waals surface area contributed by atoms with Gasteiger partial charge in [0.1, 0.15) is 0 Å². The number of hydrogen-bond donors (Lipinski definition) is 0. The van der Waals surface area contributed by atoms with Crippen LogP contribution in [-0.2, 0) is 14.8 Å². The average Bonchev–Trinajstić information content (AvgIpc) is 2.70. The molecule has 1 aromatic rings. The fourth-order valence-electron chi connectivity index (χ4n) is 3.03. The molecule has 158 valence electrons. The molecule has 0 aromatic heterocycles. The number of benzene rings is 1. The Labute approximate surface area is 179 Å². The van der Waals surface area contributed by atoms with Gasteiger partial charge in [0.25, 0.3) is 0 Å². The van der Waals surface area contributed by atoms with Crippen molar-refractivity contribution < 1.29 is 13.2 Å². The summed E-state index contributed by atoms with van der Waals surface area (Å²) in [7, 11) is 0.251. The molecule has 0 bridgehead atoms. The summed E-state index contributed by atoms with van der Waals surface area (Å²) in [6, 6.07) is 8.83. The molecule has 1 aliphatic heterocycles. The van der Waals surface area contributed by atoms with E-state index in [9.17, 15) is 13.2 Å². The zero-order valence-corrected chi connectivity index (χ0v) is 18.3. The summed E-state index contributed by atoms with van der Waals surface area (Å²) in [5.74, 6) is -0.193. The van der Waals surface area contributed by atoms with Crippen LogP contribution in [0.5, 0.6) is 0 Å². The van der Waals surface area contributed by atoms with Crippen LogP contribution in [0.1, 0.15) is 17.5 Å². The molecule has 1 fully saturated rings. The van der Waals surface area contributed by atoms with Crippen LogP contribution in [0.2, 0.25) is 0 Å². The number of ketones is 1. The van der Waals surface area contributed by atoms with Crippen LogP contribution >= 0.6 is 0 Å². The number of nitrogens with zero attached hydrogens (tertiary/aromatic N) is 3. The second-order valence-corrected chi connectivity index (χ2v) is 9.51. The third kappa shape index (κ3) is 6.36. The molecule has 1 saturated heterocycles. The Morgan fingerprint density at radius 3 is 2.43 bits per heavy atom. The molecule has 6 nitrogen and oxygen atoms in total. The molecule has 1 aliphatic rings. The Balaban J connectivity index is 2.38. The minimum atomic E-state index is -3.54. The number of piperidine rings is 1. The predicted molar refractivity (Wildman–Crippen MR) is 120 cm³/mol. The summed E-state index contributed by atoms with van der Waals surface area (Å²) in [6.07, 6.45) is 5.29. The van der Waals surface area contributed by atoms with Crippen molar-refractivity contribution in [1.29, 1.82) is 5.26 Å². The van der Waals surface area contributed by atoms with Crippen LogP contribution in [-0.4, -0.2) is 62.9 Å². The van der Waals surface area contributed by atoms with Crippen LogP contribution < -0.4 is 0 Å². The number of rotatable bonds is 8. The first kappa shape index (κ1) is 23.5. The van der Waals surface area contributed by atoms with Crippen LogP contribution in [0.3, 0.4) is 0 Å². The van der Waals surface area contributed by atoms with E-state index in [0.717, 1.165) is 5.56 Å². The van der Waals surface area contributed by atoms with E-state index in [1.165, 1.54) is 10.4 Å². The van der Waals surface area contributed by atoms with Gasteiger partial charge in [-0.05, 0) is 62.5 Å². The van der Waals surface area contributed by atoms with E-state index < -0.39 is 10.0 Å². The van der Waals surface area contributed by atoms with E-state index in [-0.39, 0.29) is 24.6 Å². The fourth-order valence-corrected chi connectivity index (χ4v) is 4.46. The third-order valence-electron chi connectivity index (χ3n) is 4.68. The normalized spacial score (nSPS) is 18.0. The molecule has 0 N–H and O–H groups in total. The number of hydrogen-bond acceptors (Lipinski definition) is 5. The highest BCUT2D eigenvalue weighted by Crippen LogP contribution is 2.24. The molecule has 0 amide bonds. The molecule has 0 radical (unpaired) electrons. The zero-order valence-electron chi connectivity index (χ0n) is 17.5. The molecule has 1 heterocycles. The molecule has 30 heavy (non-hydrogen) atoms. The summed E-state index contributed by atoms with van der Waals surface area (Å²) in [6.45, 7) is 8.15. The molecule has 2 rings (SSSR count). The van der Waals surface area contributed by atoms with E-state index in [1.807, 2.05) is 25.1 Å². The lowest BCUT2D eigenvalue weighted by molar-refractivity contribution is -0.113. The van der Waals surface area contributed by atoms with Crippen molar-refractivity contribution in [3.8, 4) is 6.07 Å². The molecular weight excluding hydrogens is 398 g/mol. The maximum Gasteiger partial charge on any atom is 0.214 e. The van der Waals surface area contributed by atoms with Crippen molar-refractivity contribution in [2.75, 3.05) is 39.5 Å². The Bertz CT molecular complexity index is 1030. The minimum Gasteiger partial charge on any atom is -0.309 e. The molecule has 0 atom stereocenters. The summed E-state index contributed by atoms with van der Waals surface area (Å²) >= 11 is 0. The molecular formula is C23H27N3O3S. The van der Waals surface area contributed by atoms with E-state index in [0.29, 0.717) is 35.2 Å². The van der Waals surface area contributed by atoms with E-state index >= 15 is 0 Å². The van der Waals surface area contributed by atoms with Crippen LogP contribution in [0.25, 0.3) is 6.08 Å². The van der Waals surface area contributed by atoms with Gasteiger partial charge in [0, 0.05) is 24.2 Å². The maximum absolute atomic E-state index is 13.0. The Morgan fingerprint density at radius 1 is 1.23 bits per heavy atom. The summed E-state index contributed by atoms with van der Waals surface area (Å²) < 4.78 is 27.2. The maximum atomic E-state index is 13.0. The first-order chi connectivity index (χ1) is 14.2. The van der Waals surface area contributed by atoms with E-state index in [4.69, 9.17) is 5.26 Å². The highest BCUT2D eigenvalue weighted by Gasteiger charge is 2.32. The molecule has 0 saturated carbocycles. The number of sulfonamides is 1. The Morgan fingerprint density at radius 2 is 1.87 bits per heavy atom. The van der Waals surface area contributed by atoms with Gasteiger partial charge in [-0.2, -0.15) is 9.57 Å². The molecule has 0 aliphatic carbocycles. The number of allylic oxidation sites excluding steroid dienone is 3. The smallest absolute Gasteiger partial charge is 0.214 e. The molecule has 1 aromatic carbocycles. The highest BCUT2D eigenvalue weighted by molar-refractivity contribution is 7.89. The lowest BCUT2D eigenvalue weighted by Gasteiger charge is -2.29. The van der Waals surface area contributed by atoms with Gasteiger partial charge >= 0.3 is 0 Å². The largest absolute Gasteiger partial charge is 0.309 e. The van der Waals surface area contributed by atoms with Gasteiger partial charge in [-0.25, -0.2) is 8.42 Å². The molecule has 7 heteroatoms. The molecule has 0 spiro atoms. The second kappa shape index (κ2) is 10.3. The van der Waals surface area contributed by atoms with Gasteiger partial charge < -0.3 is 4.90 Å². The van der Waals surface area contributed by atoms with Gasteiger partial charge in [-0.1, -0.05) is 31.4 Å². The zero-order chi connectivity index (χ0) is 22.3. The second-order valence-electron chi connectivity index (χ2n) is 7.42. The topological polar surface area (TPSA) is 81.5 Å². The van der Waals surface area contributed by atoms with Crippen LogP contribution in [0.4, 0.5) is 0 Å². The van der Waals surface area contributed by atoms with Crippen LogP contribution in [0.15, 0.2) is 66.3 Å². The predicted octanol–water partition coefficient (Wildman–Crippen LogP) is 2.78. The lowest BCUT2D eigenvalue weighted by Crippen LogP contribution is -2.43. The van der Waals surface area contributed by atoms with Crippen molar-refractivity contribution in [3.05, 3.63) is 77.4 Å². The monoisotopic (exact) mass is 425 g/mol. The lowest BCUT2D eigenvalue weighted by atomic mass is 9.95. The first-order valence-corrected chi connectivity index (χ1v) is 11.2. The van der Waals surface area contributed by atoms with Crippen molar-refractivity contribution in [3.63, 3.8) is 0 Å². The van der Waals surface area contributed by atoms with Gasteiger partial charge in [0.2, 0.25) is 10.0 Å².